The third-order valence-corrected chi connectivity index (χ3v) is 3.58. The Bertz CT molecular complexity index is 508. The van der Waals surface area contributed by atoms with Crippen molar-refractivity contribution in [2.24, 2.45) is 11.3 Å². The molecule has 0 unspecified atom stereocenters. The van der Waals surface area contributed by atoms with Crippen LogP contribution >= 0.6 is 0 Å². The van der Waals surface area contributed by atoms with E-state index < -0.39 is 0 Å². The van der Waals surface area contributed by atoms with E-state index in [0.29, 0.717) is 23.7 Å². The highest BCUT2D eigenvalue weighted by Crippen LogP contribution is 2.24. The lowest BCUT2D eigenvalue weighted by Gasteiger charge is -2.29. The van der Waals surface area contributed by atoms with Gasteiger partial charge in [-0.15, -0.1) is 0 Å². The summed E-state index contributed by atoms with van der Waals surface area (Å²) in [5.74, 6) is 5.57. The summed E-state index contributed by atoms with van der Waals surface area (Å²) < 4.78 is 0. The van der Waals surface area contributed by atoms with Crippen LogP contribution in [0.5, 0.6) is 0 Å². The second kappa shape index (κ2) is 7.06. The number of amides is 1. The topological polar surface area (TPSA) is 62.2 Å². The summed E-state index contributed by atoms with van der Waals surface area (Å²) in [6.45, 7) is 8.94. The standard InChI is InChI=1S/C16H22N2O2/c1-12(2)16(3,4)11-18-15(20)14-8-7-13(10-17-14)6-5-9-19/h7-8,10,12,19H,9,11H2,1-4H3,(H,18,20). The van der Waals surface area contributed by atoms with Crippen molar-refractivity contribution in [3.63, 3.8) is 0 Å². The average molecular weight is 274 g/mol. The minimum atomic E-state index is -0.188. The van der Waals surface area contributed by atoms with Gasteiger partial charge in [0.25, 0.3) is 5.91 Å². The number of aromatic nitrogens is 1. The summed E-state index contributed by atoms with van der Waals surface area (Å²) in [5, 5.41) is 11.5. The Kier molecular flexibility index (Phi) is 5.72. The zero-order chi connectivity index (χ0) is 15.2. The van der Waals surface area contributed by atoms with Gasteiger partial charge in [-0.1, -0.05) is 39.5 Å². The van der Waals surface area contributed by atoms with E-state index in [1.807, 2.05) is 0 Å². The molecule has 0 aliphatic rings. The van der Waals surface area contributed by atoms with Gasteiger partial charge in [0, 0.05) is 18.3 Å². The fourth-order valence-electron chi connectivity index (χ4n) is 1.35. The van der Waals surface area contributed by atoms with Gasteiger partial charge in [0.2, 0.25) is 0 Å². The Labute approximate surface area is 120 Å². The minimum Gasteiger partial charge on any atom is -0.384 e. The zero-order valence-corrected chi connectivity index (χ0v) is 12.5. The van der Waals surface area contributed by atoms with Gasteiger partial charge in [0.1, 0.15) is 12.3 Å². The van der Waals surface area contributed by atoms with Crippen molar-refractivity contribution in [2.75, 3.05) is 13.2 Å². The summed E-state index contributed by atoms with van der Waals surface area (Å²) in [5.41, 5.74) is 1.10. The Balaban J connectivity index is 2.65. The normalized spacial score (nSPS) is 10.9. The van der Waals surface area contributed by atoms with E-state index in [2.05, 4.69) is 49.8 Å². The lowest BCUT2D eigenvalue weighted by atomic mass is 9.81. The zero-order valence-electron chi connectivity index (χ0n) is 12.5. The van der Waals surface area contributed by atoms with E-state index in [4.69, 9.17) is 5.11 Å². The van der Waals surface area contributed by atoms with Crippen molar-refractivity contribution in [1.82, 2.24) is 10.3 Å². The lowest BCUT2D eigenvalue weighted by molar-refractivity contribution is 0.0920. The molecule has 0 aliphatic carbocycles. The second-order valence-electron chi connectivity index (χ2n) is 5.72. The molecular formula is C16H22N2O2. The van der Waals surface area contributed by atoms with Crippen LogP contribution < -0.4 is 5.32 Å². The van der Waals surface area contributed by atoms with Gasteiger partial charge in [-0.05, 0) is 23.5 Å². The third kappa shape index (κ3) is 4.67. The van der Waals surface area contributed by atoms with Crippen molar-refractivity contribution in [1.29, 1.82) is 0 Å². The van der Waals surface area contributed by atoms with Crippen molar-refractivity contribution < 1.29 is 9.90 Å². The SMILES string of the molecule is CC(C)C(C)(C)CNC(=O)c1ccc(C#CCO)cn1. The highest BCUT2D eigenvalue weighted by Gasteiger charge is 2.23. The third-order valence-electron chi connectivity index (χ3n) is 3.58. The van der Waals surface area contributed by atoms with Crippen LogP contribution in [0.25, 0.3) is 0 Å². The number of carbonyl (C=O) groups is 1. The highest BCUT2D eigenvalue weighted by molar-refractivity contribution is 5.92. The van der Waals surface area contributed by atoms with Gasteiger partial charge < -0.3 is 10.4 Å². The number of hydrogen-bond donors (Lipinski definition) is 2. The molecule has 0 saturated carbocycles. The smallest absolute Gasteiger partial charge is 0.269 e. The van der Waals surface area contributed by atoms with Crippen molar-refractivity contribution in [3.8, 4) is 11.8 Å². The Morgan fingerprint density at radius 2 is 2.15 bits per heavy atom. The number of nitrogens with zero attached hydrogens (tertiary/aromatic N) is 1. The van der Waals surface area contributed by atoms with E-state index in [-0.39, 0.29) is 17.9 Å². The Hall–Kier alpha value is -1.86. The molecule has 0 saturated heterocycles. The number of aliphatic hydroxyl groups excluding tert-OH is 1. The summed E-state index contributed by atoms with van der Waals surface area (Å²) in [6, 6.07) is 3.36. The number of hydrogen-bond acceptors (Lipinski definition) is 3. The quantitative estimate of drug-likeness (QED) is 0.824. The van der Waals surface area contributed by atoms with Gasteiger partial charge in [-0.25, -0.2) is 4.98 Å². The molecular weight excluding hydrogens is 252 g/mol. The Morgan fingerprint density at radius 3 is 2.65 bits per heavy atom. The van der Waals surface area contributed by atoms with Gasteiger partial charge in [0.15, 0.2) is 0 Å². The van der Waals surface area contributed by atoms with E-state index in [1.165, 1.54) is 6.20 Å². The number of rotatable bonds is 4. The van der Waals surface area contributed by atoms with E-state index in [1.54, 1.807) is 12.1 Å². The highest BCUT2D eigenvalue weighted by atomic mass is 16.2. The molecule has 1 heterocycles. The van der Waals surface area contributed by atoms with Crippen LogP contribution in [0, 0.1) is 23.2 Å². The first-order valence-corrected chi connectivity index (χ1v) is 6.71. The van der Waals surface area contributed by atoms with Gasteiger partial charge in [0.05, 0.1) is 0 Å². The van der Waals surface area contributed by atoms with E-state index in [9.17, 15) is 4.79 Å². The van der Waals surface area contributed by atoms with Crippen LogP contribution in [-0.2, 0) is 0 Å². The molecule has 1 rings (SSSR count). The molecule has 1 aromatic rings. The predicted octanol–water partition coefficient (Wildman–Crippen LogP) is 1.84. The average Bonchev–Trinajstić information content (AvgIpc) is 2.43. The lowest BCUT2D eigenvalue weighted by Crippen LogP contribution is -2.37. The largest absolute Gasteiger partial charge is 0.384 e. The molecule has 1 aromatic heterocycles. The van der Waals surface area contributed by atoms with Crippen molar-refractivity contribution in [2.45, 2.75) is 27.7 Å². The van der Waals surface area contributed by atoms with Crippen LogP contribution in [0.2, 0.25) is 0 Å². The molecule has 2 N–H and O–H groups in total. The maximum atomic E-state index is 12.0. The fourth-order valence-corrected chi connectivity index (χ4v) is 1.35. The van der Waals surface area contributed by atoms with Crippen LogP contribution in [0.15, 0.2) is 18.3 Å². The maximum Gasteiger partial charge on any atom is 0.269 e. The summed E-state index contributed by atoms with van der Waals surface area (Å²) in [6.07, 6.45) is 1.53. The molecule has 1 amide bonds. The van der Waals surface area contributed by atoms with Crippen molar-refractivity contribution in [3.05, 3.63) is 29.6 Å². The number of pyridine rings is 1. The van der Waals surface area contributed by atoms with E-state index in [0.717, 1.165) is 0 Å². The minimum absolute atomic E-state index is 0.0439. The second-order valence-corrected chi connectivity index (χ2v) is 5.72. The number of carbonyl (C=O) groups excluding carboxylic acids is 1. The molecule has 108 valence electrons. The predicted molar refractivity (Wildman–Crippen MR) is 79.2 cm³/mol. The number of aliphatic hydroxyl groups is 1. The van der Waals surface area contributed by atoms with Crippen LogP contribution in [-0.4, -0.2) is 29.1 Å². The van der Waals surface area contributed by atoms with Gasteiger partial charge in [-0.3, -0.25) is 4.79 Å². The molecule has 0 radical (unpaired) electrons. The summed E-state index contributed by atoms with van der Waals surface area (Å²) >= 11 is 0. The summed E-state index contributed by atoms with van der Waals surface area (Å²) in [7, 11) is 0. The van der Waals surface area contributed by atoms with Crippen LogP contribution in [0.1, 0.15) is 43.7 Å². The molecule has 0 spiro atoms. The maximum absolute atomic E-state index is 12.0. The monoisotopic (exact) mass is 274 g/mol. The van der Waals surface area contributed by atoms with Crippen LogP contribution in [0.4, 0.5) is 0 Å². The molecule has 0 fully saturated rings. The first kappa shape index (κ1) is 16.2. The number of nitrogens with one attached hydrogen (secondary N) is 1. The van der Waals surface area contributed by atoms with Gasteiger partial charge >= 0.3 is 0 Å². The van der Waals surface area contributed by atoms with Crippen LogP contribution in [0.3, 0.4) is 0 Å². The molecule has 0 bridgehead atoms. The van der Waals surface area contributed by atoms with Gasteiger partial charge in [-0.2, -0.15) is 0 Å². The molecule has 4 heteroatoms. The molecule has 0 aromatic carbocycles. The molecule has 0 atom stereocenters. The first-order chi connectivity index (χ1) is 9.36. The molecule has 20 heavy (non-hydrogen) atoms. The molecule has 4 nitrogen and oxygen atoms in total. The Morgan fingerprint density at radius 1 is 1.45 bits per heavy atom. The summed E-state index contributed by atoms with van der Waals surface area (Å²) in [4.78, 5) is 16.1. The van der Waals surface area contributed by atoms with Crippen molar-refractivity contribution >= 4 is 5.91 Å². The first-order valence-electron chi connectivity index (χ1n) is 6.71. The fraction of sp³-hybridized carbons (Fsp3) is 0.500. The van der Waals surface area contributed by atoms with E-state index >= 15 is 0 Å². The molecule has 0 aliphatic heterocycles.